The van der Waals surface area contributed by atoms with Crippen molar-refractivity contribution in [2.75, 3.05) is 24.7 Å². The first-order valence-corrected chi connectivity index (χ1v) is 17.8. The predicted octanol–water partition coefficient (Wildman–Crippen LogP) is 0.547. The Bertz CT molecular complexity index is 2040. The largest absolute Gasteiger partial charge is 0.472 e. The van der Waals surface area contributed by atoms with Crippen LogP contribution in [0.3, 0.4) is 0 Å². The summed E-state index contributed by atoms with van der Waals surface area (Å²) in [6.45, 7) is 5.93. The van der Waals surface area contributed by atoms with Crippen molar-refractivity contribution < 1.29 is 42.3 Å². The number of phosphoric acid groups is 1. The van der Waals surface area contributed by atoms with Crippen LogP contribution in [0.4, 0.5) is 11.8 Å². The van der Waals surface area contributed by atoms with Gasteiger partial charge in [0.15, 0.2) is 22.6 Å². The van der Waals surface area contributed by atoms with E-state index in [0.29, 0.717) is 11.2 Å². The molecule has 3 fully saturated rings. The number of aromatic nitrogens is 8. The number of aliphatic hydroxyl groups excluding tert-OH is 2. The van der Waals surface area contributed by atoms with Gasteiger partial charge >= 0.3 is 16.1 Å². The summed E-state index contributed by atoms with van der Waals surface area (Å²) >= 11 is 0. The van der Waals surface area contributed by atoms with Crippen LogP contribution < -0.4 is 17.0 Å². The van der Waals surface area contributed by atoms with E-state index < -0.39 is 87.4 Å². The molecule has 260 valence electrons. The lowest BCUT2D eigenvalue weighted by Crippen LogP contribution is -2.43. The number of hydrogen-bond acceptors (Lipinski definition) is 16. The van der Waals surface area contributed by atoms with Crippen molar-refractivity contribution in [1.29, 1.82) is 0 Å². The summed E-state index contributed by atoms with van der Waals surface area (Å²) < 4.78 is 53.4. The summed E-state index contributed by atoms with van der Waals surface area (Å²) in [4.78, 5) is 46.8. The normalized spacial score (nSPS) is 40.8. The number of H-pyrrole nitrogens is 1. The highest BCUT2D eigenvalue weighted by molar-refractivity contribution is 7.47. The van der Waals surface area contributed by atoms with Gasteiger partial charge in [0.25, 0.3) is 5.56 Å². The van der Waals surface area contributed by atoms with Crippen molar-refractivity contribution in [2.24, 2.45) is 22.7 Å². The minimum absolute atomic E-state index is 0.0307. The zero-order valence-electron chi connectivity index (χ0n) is 26.2. The lowest BCUT2D eigenvalue weighted by Gasteiger charge is -2.39. The molecule has 4 aromatic heterocycles. The third-order valence-electron chi connectivity index (χ3n) is 10.7. The number of nitrogens with zero attached hydrogens (tertiary/aromatic N) is 7. The molecule has 5 heterocycles. The Morgan fingerprint density at radius 3 is 2.25 bits per heavy atom. The molecule has 0 bridgehead atoms. The van der Waals surface area contributed by atoms with Crippen molar-refractivity contribution in [3.8, 4) is 0 Å². The lowest BCUT2D eigenvalue weighted by molar-refractivity contribution is -0.0729. The first-order chi connectivity index (χ1) is 22.6. The van der Waals surface area contributed by atoms with E-state index in [0.717, 1.165) is 0 Å². The van der Waals surface area contributed by atoms with Crippen LogP contribution in [0.2, 0.25) is 0 Å². The zero-order valence-corrected chi connectivity index (χ0v) is 28.1. The van der Waals surface area contributed by atoms with E-state index in [2.05, 4.69) is 29.9 Å². The average Bonchev–Trinajstić information content (AvgIpc) is 3.72. The molecule has 0 amide bonds. The van der Waals surface area contributed by atoms with Gasteiger partial charge in [-0.25, -0.2) is 24.5 Å². The molecule has 4 aromatic rings. The first kappa shape index (κ1) is 33.2. The molecule has 8 N–H and O–H groups in total. The van der Waals surface area contributed by atoms with Gasteiger partial charge in [-0.1, -0.05) is 27.7 Å². The quantitative estimate of drug-likeness (QED) is 0.155. The third-order valence-corrected chi connectivity index (χ3v) is 12.5. The number of nitrogens with two attached hydrogens (primary N) is 2. The monoisotopic (exact) mass is 710 g/mol. The summed E-state index contributed by atoms with van der Waals surface area (Å²) in [6.07, 6.45) is -1.44. The van der Waals surface area contributed by atoms with Gasteiger partial charge in [-0.15, -0.1) is 0 Å². The van der Waals surface area contributed by atoms with Gasteiger partial charge in [-0.2, -0.15) is 4.98 Å². The fourth-order valence-corrected chi connectivity index (χ4v) is 9.92. The van der Waals surface area contributed by atoms with E-state index in [1.807, 2.05) is 0 Å². The van der Waals surface area contributed by atoms with Crippen LogP contribution >= 0.6 is 16.1 Å². The van der Waals surface area contributed by atoms with Gasteiger partial charge in [0.2, 0.25) is 5.95 Å². The smallest absolute Gasteiger partial charge is 0.388 e. The molecular formula is C26H36N10O10P2. The molecule has 2 aliphatic carbocycles. The molecule has 12 atom stereocenters. The fourth-order valence-electron chi connectivity index (χ4n) is 7.65. The van der Waals surface area contributed by atoms with Crippen molar-refractivity contribution in [3.05, 3.63) is 29.3 Å². The summed E-state index contributed by atoms with van der Waals surface area (Å²) in [5, 5.41) is 23.4. The van der Waals surface area contributed by atoms with E-state index in [9.17, 15) is 29.0 Å². The number of imidazole rings is 2. The summed E-state index contributed by atoms with van der Waals surface area (Å²) in [5.41, 5.74) is 9.32. The molecular weight excluding hydrogens is 674 g/mol. The summed E-state index contributed by atoms with van der Waals surface area (Å²) in [7, 11) is -8.32. The Morgan fingerprint density at radius 1 is 0.958 bits per heavy atom. The highest BCUT2D eigenvalue weighted by atomic mass is 31.2. The maximum absolute atomic E-state index is 13.7. The molecule has 0 spiro atoms. The second-order valence-electron chi connectivity index (χ2n) is 13.3. The molecule has 48 heavy (non-hydrogen) atoms. The number of aromatic amines is 1. The van der Waals surface area contributed by atoms with Crippen LogP contribution in [0.15, 0.2) is 23.8 Å². The average molecular weight is 711 g/mol. The van der Waals surface area contributed by atoms with E-state index in [1.165, 1.54) is 23.5 Å². The lowest BCUT2D eigenvalue weighted by atomic mass is 9.79. The summed E-state index contributed by atoms with van der Waals surface area (Å²) in [6, 6.07) is -1.70. The van der Waals surface area contributed by atoms with E-state index in [1.54, 1.807) is 32.3 Å². The second kappa shape index (κ2) is 11.4. The molecule has 1 aliphatic heterocycles. The number of fused-ring (bicyclic) bond motifs is 4. The number of nitrogen functional groups attached to an aromatic ring is 2. The Balaban J connectivity index is 1.24. The van der Waals surface area contributed by atoms with Crippen LogP contribution in [-0.4, -0.2) is 91.8 Å². The van der Waals surface area contributed by atoms with Gasteiger partial charge in [-0.05, 0) is 11.8 Å². The zero-order chi connectivity index (χ0) is 34.5. The van der Waals surface area contributed by atoms with Crippen LogP contribution in [0.1, 0.15) is 39.8 Å². The number of phosphoric ester groups is 1. The van der Waals surface area contributed by atoms with Gasteiger partial charge in [0.05, 0.1) is 38.0 Å². The van der Waals surface area contributed by atoms with Gasteiger partial charge in [0.1, 0.15) is 36.3 Å². The van der Waals surface area contributed by atoms with Crippen LogP contribution in [0.5, 0.6) is 0 Å². The highest BCUT2D eigenvalue weighted by Gasteiger charge is 2.62. The molecule has 2 saturated carbocycles. The number of hydrogen-bond donors (Lipinski definition) is 6. The van der Waals surface area contributed by atoms with Crippen LogP contribution in [0.25, 0.3) is 22.3 Å². The standard InChI is InChI=1S/C26H36N10O10P2/c1-10-15(36-9-32-13-22(36)33-24(28)34-23(13)39)17(38)19-25(10,3)5-43-47(40)45-18-16(37)14(11(2)26(18,4)6-44-48(41,42)46-19)35-8-31-12-20(27)29-7-30-21(12)35/h7-11,14-19,37-38,47H,5-6H2,1-4H3,(H,41,42)(H2,27,29,30)(H3,28,33,34,39). The molecule has 20 nitrogen and oxygen atoms in total. The molecule has 1 saturated heterocycles. The number of rotatable bonds is 2. The molecule has 3 aliphatic rings. The molecule has 7 rings (SSSR count). The van der Waals surface area contributed by atoms with Crippen LogP contribution in [-0.2, 0) is 27.2 Å². The highest BCUT2D eigenvalue weighted by Crippen LogP contribution is 2.61. The SMILES string of the molecule is CC1C(n2cnc3c(N)ncnc32)C(O)C2O[PH](=O)OCC3(C)C(C)C(n4cnc5c(=O)[nH]c(N)nc54)C(O)C3OP(=O)(O)OCC12C. The Labute approximate surface area is 272 Å². The van der Waals surface area contributed by atoms with E-state index in [-0.39, 0.29) is 29.5 Å². The minimum atomic E-state index is -4.96. The Morgan fingerprint density at radius 2 is 1.56 bits per heavy atom. The van der Waals surface area contributed by atoms with Gasteiger partial charge in [0, 0.05) is 10.8 Å². The molecule has 0 aromatic carbocycles. The van der Waals surface area contributed by atoms with Gasteiger partial charge in [-0.3, -0.25) is 23.4 Å². The third kappa shape index (κ3) is 4.93. The second-order valence-corrected chi connectivity index (χ2v) is 15.7. The molecule has 0 radical (unpaired) electrons. The topological polar surface area (TPSA) is 291 Å². The fraction of sp³-hybridized carbons (Fsp3) is 0.615. The van der Waals surface area contributed by atoms with E-state index in [4.69, 9.17) is 29.6 Å². The minimum Gasteiger partial charge on any atom is -0.388 e. The number of nitrogens with one attached hydrogen (secondary N) is 1. The van der Waals surface area contributed by atoms with Crippen molar-refractivity contribution >= 4 is 50.2 Å². The Hall–Kier alpha value is -3.32. The van der Waals surface area contributed by atoms with Gasteiger partial charge < -0.3 is 44.8 Å². The van der Waals surface area contributed by atoms with E-state index >= 15 is 0 Å². The maximum atomic E-state index is 13.7. The first-order valence-electron chi connectivity index (χ1n) is 15.1. The predicted molar refractivity (Wildman–Crippen MR) is 167 cm³/mol. The number of anilines is 2. The Kier molecular flexibility index (Phi) is 7.86. The van der Waals surface area contributed by atoms with Crippen molar-refractivity contribution in [3.63, 3.8) is 0 Å². The molecule has 12 unspecified atom stereocenters. The van der Waals surface area contributed by atoms with Crippen molar-refractivity contribution in [1.82, 2.24) is 39.0 Å². The number of aliphatic hydroxyl groups is 2. The van der Waals surface area contributed by atoms with Crippen LogP contribution in [0, 0.1) is 22.7 Å². The van der Waals surface area contributed by atoms with Crippen molar-refractivity contribution in [2.45, 2.75) is 64.2 Å². The molecule has 22 heteroatoms. The maximum Gasteiger partial charge on any atom is 0.472 e. The summed E-state index contributed by atoms with van der Waals surface area (Å²) in [5.74, 6) is -1.23.